The lowest BCUT2D eigenvalue weighted by Crippen LogP contribution is -2.26. The number of carbonyl (C=O) groups is 2. The molecule has 1 aromatic heterocycles. The first-order valence-corrected chi connectivity index (χ1v) is 7.05. The van der Waals surface area contributed by atoms with Crippen molar-refractivity contribution >= 4 is 11.9 Å². The second-order valence-electron chi connectivity index (χ2n) is 5.24. The van der Waals surface area contributed by atoms with Crippen molar-refractivity contribution in [1.82, 2.24) is 20.3 Å². The Morgan fingerprint density at radius 1 is 1.35 bits per heavy atom. The van der Waals surface area contributed by atoms with Gasteiger partial charge in [-0.2, -0.15) is 0 Å². The van der Waals surface area contributed by atoms with E-state index in [4.69, 9.17) is 5.11 Å². The molecule has 20 heavy (non-hydrogen) atoms. The number of rotatable bonds is 6. The van der Waals surface area contributed by atoms with Crippen LogP contribution in [0.5, 0.6) is 0 Å². The first-order valence-electron chi connectivity index (χ1n) is 7.05. The molecule has 0 unspecified atom stereocenters. The zero-order valence-electron chi connectivity index (χ0n) is 11.4. The van der Waals surface area contributed by atoms with Gasteiger partial charge in [0, 0.05) is 6.54 Å². The van der Waals surface area contributed by atoms with Crippen molar-refractivity contribution in [1.29, 1.82) is 0 Å². The molecule has 0 aromatic carbocycles. The number of nitrogens with one attached hydrogen (secondary N) is 1. The summed E-state index contributed by atoms with van der Waals surface area (Å²) in [5.74, 6) is -0.594. The van der Waals surface area contributed by atoms with Crippen LogP contribution >= 0.6 is 0 Å². The highest BCUT2D eigenvalue weighted by Crippen LogP contribution is 2.25. The van der Waals surface area contributed by atoms with E-state index < -0.39 is 5.97 Å². The van der Waals surface area contributed by atoms with Crippen LogP contribution in [0.3, 0.4) is 0 Å². The molecular formula is C13H20N4O3. The molecular weight excluding hydrogens is 260 g/mol. The number of hydrogen-bond donors (Lipinski definition) is 2. The number of amides is 1. The molecule has 1 aliphatic carbocycles. The molecule has 0 radical (unpaired) electrons. The maximum absolute atomic E-state index is 11.8. The van der Waals surface area contributed by atoms with E-state index in [1.165, 1.54) is 38.3 Å². The molecule has 1 amide bonds. The summed E-state index contributed by atoms with van der Waals surface area (Å²) in [5, 5.41) is 18.7. The number of carbonyl (C=O) groups excluding carboxylic acids is 1. The topological polar surface area (TPSA) is 97.1 Å². The molecule has 0 aliphatic heterocycles. The molecule has 2 N–H and O–H groups in total. The monoisotopic (exact) mass is 280 g/mol. The predicted molar refractivity (Wildman–Crippen MR) is 71.2 cm³/mol. The zero-order valence-corrected chi connectivity index (χ0v) is 11.4. The predicted octanol–water partition coefficient (Wildman–Crippen LogP) is 1.06. The number of hydrogen-bond acceptors (Lipinski definition) is 4. The summed E-state index contributed by atoms with van der Waals surface area (Å²) in [6, 6.07) is 0. The van der Waals surface area contributed by atoms with Crippen LogP contribution in [0.4, 0.5) is 0 Å². The van der Waals surface area contributed by atoms with Gasteiger partial charge in [-0.3, -0.25) is 9.59 Å². The van der Waals surface area contributed by atoms with Gasteiger partial charge in [0.25, 0.3) is 5.91 Å². The van der Waals surface area contributed by atoms with Crippen molar-refractivity contribution in [3.05, 3.63) is 11.9 Å². The molecule has 0 atom stereocenters. The van der Waals surface area contributed by atoms with Gasteiger partial charge in [-0.05, 0) is 12.3 Å². The summed E-state index contributed by atoms with van der Waals surface area (Å²) in [5.41, 5.74) is 0.162. The van der Waals surface area contributed by atoms with Gasteiger partial charge in [0.05, 0.1) is 6.20 Å². The first kappa shape index (κ1) is 14.5. The van der Waals surface area contributed by atoms with Crippen LogP contribution in [0.2, 0.25) is 0 Å². The van der Waals surface area contributed by atoms with Crippen molar-refractivity contribution in [2.75, 3.05) is 6.54 Å². The van der Waals surface area contributed by atoms with Crippen molar-refractivity contribution in [3.63, 3.8) is 0 Å². The van der Waals surface area contributed by atoms with E-state index in [-0.39, 0.29) is 18.1 Å². The minimum atomic E-state index is -1.01. The van der Waals surface area contributed by atoms with Gasteiger partial charge >= 0.3 is 5.97 Å². The van der Waals surface area contributed by atoms with Crippen molar-refractivity contribution in [2.24, 2.45) is 5.92 Å². The van der Waals surface area contributed by atoms with Crippen LogP contribution in [-0.4, -0.2) is 38.5 Å². The van der Waals surface area contributed by atoms with E-state index in [0.29, 0.717) is 12.5 Å². The number of aromatic nitrogens is 3. The minimum absolute atomic E-state index is 0.162. The highest BCUT2D eigenvalue weighted by molar-refractivity contribution is 5.91. The third kappa shape index (κ3) is 4.32. The Labute approximate surface area is 117 Å². The normalized spacial score (nSPS) is 16.0. The molecule has 1 heterocycles. The van der Waals surface area contributed by atoms with Crippen LogP contribution in [0.1, 0.15) is 49.0 Å². The second kappa shape index (κ2) is 7.02. The van der Waals surface area contributed by atoms with E-state index in [9.17, 15) is 9.59 Å². The van der Waals surface area contributed by atoms with Crippen molar-refractivity contribution in [2.45, 2.75) is 45.1 Å². The fourth-order valence-electron chi connectivity index (χ4n) is 2.57. The fraction of sp³-hybridized carbons (Fsp3) is 0.692. The Morgan fingerprint density at radius 3 is 2.80 bits per heavy atom. The van der Waals surface area contributed by atoms with Crippen LogP contribution in [0.15, 0.2) is 6.20 Å². The molecule has 1 fully saturated rings. The molecule has 7 nitrogen and oxygen atoms in total. The first-order chi connectivity index (χ1) is 9.65. The average Bonchev–Trinajstić information content (AvgIpc) is 2.87. The highest BCUT2D eigenvalue weighted by Gasteiger charge is 2.15. The van der Waals surface area contributed by atoms with Crippen LogP contribution < -0.4 is 5.32 Å². The molecule has 0 bridgehead atoms. The summed E-state index contributed by atoms with van der Waals surface area (Å²) in [6.07, 6.45) is 8.77. The summed E-state index contributed by atoms with van der Waals surface area (Å²) >= 11 is 0. The standard InChI is InChI=1S/C13H20N4O3/c18-12(19)9-17-8-11(15-16-17)13(20)14-7-6-10-4-2-1-3-5-10/h8,10H,1-7,9H2,(H,14,20)(H,18,19). The summed E-state index contributed by atoms with van der Waals surface area (Å²) in [4.78, 5) is 22.3. The third-order valence-electron chi connectivity index (χ3n) is 3.63. The van der Waals surface area contributed by atoms with E-state index >= 15 is 0 Å². The van der Waals surface area contributed by atoms with Crippen molar-refractivity contribution < 1.29 is 14.7 Å². The Hall–Kier alpha value is -1.92. The summed E-state index contributed by atoms with van der Waals surface area (Å²) in [7, 11) is 0. The molecule has 7 heteroatoms. The van der Waals surface area contributed by atoms with Gasteiger partial charge in [0.15, 0.2) is 5.69 Å². The molecule has 0 saturated heterocycles. The maximum atomic E-state index is 11.8. The molecule has 0 spiro atoms. The number of aliphatic carboxylic acids is 1. The Morgan fingerprint density at radius 2 is 2.10 bits per heavy atom. The number of nitrogens with zero attached hydrogens (tertiary/aromatic N) is 3. The Kier molecular flexibility index (Phi) is 5.09. The molecule has 1 saturated carbocycles. The maximum Gasteiger partial charge on any atom is 0.325 e. The molecule has 110 valence electrons. The Bertz CT molecular complexity index is 466. The van der Waals surface area contributed by atoms with E-state index in [1.807, 2.05) is 0 Å². The third-order valence-corrected chi connectivity index (χ3v) is 3.63. The van der Waals surface area contributed by atoms with E-state index in [0.717, 1.165) is 11.1 Å². The summed E-state index contributed by atoms with van der Waals surface area (Å²) < 4.78 is 1.14. The fourth-order valence-corrected chi connectivity index (χ4v) is 2.57. The van der Waals surface area contributed by atoms with E-state index in [2.05, 4.69) is 15.6 Å². The van der Waals surface area contributed by atoms with Gasteiger partial charge in [0.1, 0.15) is 6.54 Å². The van der Waals surface area contributed by atoms with Gasteiger partial charge in [-0.1, -0.05) is 37.3 Å². The van der Waals surface area contributed by atoms with E-state index in [1.54, 1.807) is 0 Å². The summed E-state index contributed by atoms with van der Waals surface area (Å²) in [6.45, 7) is 0.345. The quantitative estimate of drug-likeness (QED) is 0.812. The number of carboxylic acids is 1. The van der Waals surface area contributed by atoms with Gasteiger partial charge in [-0.15, -0.1) is 5.10 Å². The zero-order chi connectivity index (χ0) is 14.4. The van der Waals surface area contributed by atoms with Gasteiger partial charge in [0.2, 0.25) is 0 Å². The molecule has 1 aliphatic rings. The van der Waals surface area contributed by atoms with Crippen LogP contribution in [0.25, 0.3) is 0 Å². The smallest absolute Gasteiger partial charge is 0.325 e. The second-order valence-corrected chi connectivity index (χ2v) is 5.24. The lowest BCUT2D eigenvalue weighted by molar-refractivity contribution is -0.137. The van der Waals surface area contributed by atoms with Gasteiger partial charge < -0.3 is 10.4 Å². The van der Waals surface area contributed by atoms with Gasteiger partial charge in [-0.25, -0.2) is 4.68 Å². The van der Waals surface area contributed by atoms with Crippen LogP contribution in [0, 0.1) is 5.92 Å². The SMILES string of the molecule is O=C(O)Cn1cc(C(=O)NCCC2CCCCC2)nn1. The average molecular weight is 280 g/mol. The Balaban J connectivity index is 1.73. The lowest BCUT2D eigenvalue weighted by atomic mass is 9.87. The van der Waals surface area contributed by atoms with Crippen molar-refractivity contribution in [3.8, 4) is 0 Å². The minimum Gasteiger partial charge on any atom is -0.480 e. The number of carboxylic acid groups (broad SMARTS) is 1. The van der Waals surface area contributed by atoms with Crippen LogP contribution in [-0.2, 0) is 11.3 Å². The molecule has 1 aromatic rings. The lowest BCUT2D eigenvalue weighted by Gasteiger charge is -2.21. The molecule has 2 rings (SSSR count). The largest absolute Gasteiger partial charge is 0.480 e. The highest BCUT2D eigenvalue weighted by atomic mass is 16.4.